The smallest absolute Gasteiger partial charge is 0.256 e. The Morgan fingerprint density at radius 2 is 1.83 bits per heavy atom. The van der Waals surface area contributed by atoms with Crippen molar-refractivity contribution in [2.75, 3.05) is 0 Å². The van der Waals surface area contributed by atoms with E-state index in [4.69, 9.17) is 10.00 Å². The lowest BCUT2D eigenvalue weighted by Gasteiger charge is -2.12. The van der Waals surface area contributed by atoms with Gasteiger partial charge in [0.05, 0.1) is 6.20 Å². The highest BCUT2D eigenvalue weighted by molar-refractivity contribution is 5.48. The summed E-state index contributed by atoms with van der Waals surface area (Å²) in [4.78, 5) is 0. The van der Waals surface area contributed by atoms with E-state index in [0.717, 1.165) is 22.4 Å². The Hall–Kier alpha value is -2.41. The highest BCUT2D eigenvalue weighted by Gasteiger charge is 2.11. The molecule has 0 aliphatic heterocycles. The number of ether oxygens (including phenoxy) is 1. The van der Waals surface area contributed by atoms with Crippen molar-refractivity contribution < 1.29 is 4.74 Å². The maximum Gasteiger partial charge on any atom is 0.256 e. The van der Waals surface area contributed by atoms with Crippen LogP contribution in [0.2, 0.25) is 0 Å². The minimum absolute atomic E-state index is 0.247. The van der Waals surface area contributed by atoms with Gasteiger partial charge in [0.25, 0.3) is 5.88 Å². The first-order chi connectivity index (χ1) is 8.63. The van der Waals surface area contributed by atoms with E-state index in [-0.39, 0.29) is 5.88 Å². The van der Waals surface area contributed by atoms with Crippen LogP contribution < -0.4 is 4.74 Å². The number of nitrogens with zero attached hydrogens (tertiary/aromatic N) is 3. The lowest BCUT2D eigenvalue weighted by Crippen LogP contribution is -1.98. The molecule has 4 heteroatoms. The molecule has 1 heterocycles. The molecule has 1 aromatic carbocycles. The van der Waals surface area contributed by atoms with Gasteiger partial charge >= 0.3 is 0 Å². The second-order valence-corrected chi connectivity index (χ2v) is 4.12. The van der Waals surface area contributed by atoms with E-state index in [1.165, 1.54) is 6.20 Å². The van der Waals surface area contributed by atoms with Crippen molar-refractivity contribution >= 4 is 0 Å². The molecule has 0 atom stereocenters. The van der Waals surface area contributed by atoms with Crippen LogP contribution in [-0.4, -0.2) is 10.2 Å². The Morgan fingerprint density at radius 3 is 2.56 bits per heavy atom. The average molecular weight is 239 g/mol. The number of hydrogen-bond acceptors (Lipinski definition) is 4. The third-order valence-electron chi connectivity index (χ3n) is 2.88. The summed E-state index contributed by atoms with van der Waals surface area (Å²) in [5, 5.41) is 16.6. The van der Waals surface area contributed by atoms with E-state index in [9.17, 15) is 0 Å². The van der Waals surface area contributed by atoms with Gasteiger partial charge in [-0.3, -0.25) is 0 Å². The van der Waals surface area contributed by atoms with Crippen LogP contribution in [0.4, 0.5) is 0 Å². The van der Waals surface area contributed by atoms with Gasteiger partial charge in [-0.1, -0.05) is 12.1 Å². The van der Waals surface area contributed by atoms with Crippen LogP contribution in [0.3, 0.4) is 0 Å². The SMILES string of the molecule is Cc1ccc(C)c(Oc2nnccc2C#N)c1C. The summed E-state index contributed by atoms with van der Waals surface area (Å²) in [6.07, 6.45) is 1.47. The molecular weight excluding hydrogens is 226 g/mol. The maximum absolute atomic E-state index is 8.99. The average Bonchev–Trinajstić information content (AvgIpc) is 2.39. The Kier molecular flexibility index (Phi) is 3.24. The zero-order valence-corrected chi connectivity index (χ0v) is 10.6. The van der Waals surface area contributed by atoms with Gasteiger partial charge in [-0.15, -0.1) is 5.10 Å². The van der Waals surface area contributed by atoms with Gasteiger partial charge in [-0.2, -0.15) is 10.4 Å². The highest BCUT2D eigenvalue weighted by atomic mass is 16.5. The Bertz CT molecular complexity index is 629. The first-order valence-corrected chi connectivity index (χ1v) is 5.60. The van der Waals surface area contributed by atoms with Crippen molar-refractivity contribution in [2.24, 2.45) is 0 Å². The molecule has 0 spiro atoms. The molecule has 0 N–H and O–H groups in total. The van der Waals surface area contributed by atoms with Crippen LogP contribution in [0.5, 0.6) is 11.6 Å². The number of hydrogen-bond donors (Lipinski definition) is 0. The molecule has 0 fully saturated rings. The van der Waals surface area contributed by atoms with Crippen LogP contribution in [-0.2, 0) is 0 Å². The standard InChI is InChI=1S/C14H13N3O/c1-9-4-5-10(2)13(11(9)3)18-14-12(8-15)6-7-16-17-14/h4-7H,1-3H3. The van der Waals surface area contributed by atoms with Crippen LogP contribution >= 0.6 is 0 Å². The molecule has 4 nitrogen and oxygen atoms in total. The zero-order valence-electron chi connectivity index (χ0n) is 10.6. The Morgan fingerprint density at radius 1 is 1.11 bits per heavy atom. The second-order valence-electron chi connectivity index (χ2n) is 4.12. The topological polar surface area (TPSA) is 58.8 Å². The molecule has 2 aromatic rings. The first-order valence-electron chi connectivity index (χ1n) is 5.60. The predicted molar refractivity (Wildman–Crippen MR) is 67.5 cm³/mol. The number of aryl methyl sites for hydroxylation is 2. The fraction of sp³-hybridized carbons (Fsp3) is 0.214. The molecule has 0 unspecified atom stereocenters. The predicted octanol–water partition coefficient (Wildman–Crippen LogP) is 3.07. The first kappa shape index (κ1) is 12.1. The van der Waals surface area contributed by atoms with E-state index < -0.39 is 0 Å². The monoisotopic (exact) mass is 239 g/mol. The quantitative estimate of drug-likeness (QED) is 0.808. The summed E-state index contributed by atoms with van der Waals surface area (Å²) in [6.45, 7) is 5.97. The molecule has 0 amide bonds. The van der Waals surface area contributed by atoms with Gasteiger partial charge in [-0.25, -0.2) is 0 Å². The third-order valence-corrected chi connectivity index (χ3v) is 2.88. The summed E-state index contributed by atoms with van der Waals surface area (Å²) in [5.41, 5.74) is 3.57. The van der Waals surface area contributed by atoms with E-state index in [1.54, 1.807) is 6.07 Å². The number of benzene rings is 1. The van der Waals surface area contributed by atoms with E-state index in [2.05, 4.69) is 10.2 Å². The zero-order chi connectivity index (χ0) is 13.1. The minimum atomic E-state index is 0.247. The summed E-state index contributed by atoms with van der Waals surface area (Å²) < 4.78 is 5.75. The number of nitriles is 1. The molecule has 0 aliphatic rings. The van der Waals surface area contributed by atoms with Crippen molar-refractivity contribution in [3.63, 3.8) is 0 Å². The molecule has 0 saturated heterocycles. The van der Waals surface area contributed by atoms with Gasteiger partial charge < -0.3 is 4.74 Å². The van der Waals surface area contributed by atoms with Crippen LogP contribution in [0.15, 0.2) is 24.4 Å². The van der Waals surface area contributed by atoms with Crippen LogP contribution in [0, 0.1) is 32.1 Å². The van der Waals surface area contributed by atoms with Gasteiger partial charge in [0.1, 0.15) is 17.4 Å². The van der Waals surface area contributed by atoms with E-state index in [1.807, 2.05) is 39.0 Å². The van der Waals surface area contributed by atoms with Crippen molar-refractivity contribution in [2.45, 2.75) is 20.8 Å². The maximum atomic E-state index is 8.99. The second kappa shape index (κ2) is 4.84. The Labute approximate surface area is 106 Å². The number of rotatable bonds is 2. The molecule has 90 valence electrons. The molecule has 0 bridgehead atoms. The molecule has 0 aliphatic carbocycles. The van der Waals surface area contributed by atoms with Crippen LogP contribution in [0.25, 0.3) is 0 Å². The van der Waals surface area contributed by atoms with Gasteiger partial charge in [0, 0.05) is 0 Å². The molecule has 1 aromatic heterocycles. The molecule has 0 radical (unpaired) electrons. The van der Waals surface area contributed by atoms with Gasteiger partial charge in [-0.05, 0) is 43.5 Å². The van der Waals surface area contributed by atoms with Crippen molar-refractivity contribution in [1.29, 1.82) is 5.26 Å². The van der Waals surface area contributed by atoms with E-state index >= 15 is 0 Å². The summed E-state index contributed by atoms with van der Waals surface area (Å²) >= 11 is 0. The van der Waals surface area contributed by atoms with Crippen molar-refractivity contribution in [3.05, 3.63) is 46.6 Å². The molecular formula is C14H13N3O. The third kappa shape index (κ3) is 2.16. The van der Waals surface area contributed by atoms with Crippen molar-refractivity contribution in [3.8, 4) is 17.7 Å². The molecule has 2 rings (SSSR count). The largest absolute Gasteiger partial charge is 0.436 e. The normalized spacial score (nSPS) is 9.89. The van der Waals surface area contributed by atoms with Crippen molar-refractivity contribution in [1.82, 2.24) is 10.2 Å². The summed E-state index contributed by atoms with van der Waals surface area (Å²) in [5.74, 6) is 0.990. The summed E-state index contributed by atoms with van der Waals surface area (Å²) in [7, 11) is 0. The van der Waals surface area contributed by atoms with Gasteiger partial charge in [0.15, 0.2) is 0 Å². The lowest BCUT2D eigenvalue weighted by molar-refractivity contribution is 0.446. The number of aromatic nitrogens is 2. The van der Waals surface area contributed by atoms with Gasteiger partial charge in [0.2, 0.25) is 0 Å². The summed E-state index contributed by atoms with van der Waals surface area (Å²) in [6, 6.07) is 7.66. The molecule has 18 heavy (non-hydrogen) atoms. The highest BCUT2D eigenvalue weighted by Crippen LogP contribution is 2.30. The minimum Gasteiger partial charge on any atom is -0.436 e. The van der Waals surface area contributed by atoms with Crippen LogP contribution in [0.1, 0.15) is 22.3 Å². The molecule has 0 saturated carbocycles. The Balaban J connectivity index is 2.47. The lowest BCUT2D eigenvalue weighted by atomic mass is 10.1. The fourth-order valence-corrected chi connectivity index (χ4v) is 1.66. The van der Waals surface area contributed by atoms with E-state index in [0.29, 0.717) is 5.56 Å². The fourth-order valence-electron chi connectivity index (χ4n) is 1.66.